The molecule has 0 radical (unpaired) electrons. The van der Waals surface area contributed by atoms with Crippen molar-refractivity contribution in [2.24, 2.45) is 0 Å². The second kappa shape index (κ2) is 11.9. The van der Waals surface area contributed by atoms with Crippen LogP contribution in [-0.4, -0.2) is 19.2 Å². The summed E-state index contributed by atoms with van der Waals surface area (Å²) in [4.78, 5) is 4.47. The van der Waals surface area contributed by atoms with Gasteiger partial charge >= 0.3 is 184 Å². The van der Waals surface area contributed by atoms with Crippen molar-refractivity contribution in [2.45, 2.75) is 88.9 Å². The summed E-state index contributed by atoms with van der Waals surface area (Å²) < 4.78 is 13.4. The van der Waals surface area contributed by atoms with E-state index in [1.54, 1.807) is 0 Å². The van der Waals surface area contributed by atoms with E-state index in [0.29, 0.717) is 0 Å². The zero-order chi connectivity index (χ0) is 21.3. The normalized spacial score (nSPS) is 11.5. The van der Waals surface area contributed by atoms with Crippen LogP contribution in [-0.2, 0) is 25.7 Å². The molecule has 2 aromatic rings. The molecule has 0 spiro atoms. The van der Waals surface area contributed by atoms with Crippen LogP contribution in [0.25, 0.3) is 0 Å². The van der Waals surface area contributed by atoms with Crippen molar-refractivity contribution in [3.63, 3.8) is 0 Å². The topological polar surface area (TPSA) is 18.5 Å². The van der Waals surface area contributed by atoms with Gasteiger partial charge in [0, 0.05) is 0 Å². The van der Waals surface area contributed by atoms with Crippen LogP contribution in [0.3, 0.4) is 0 Å². The summed E-state index contributed by atoms with van der Waals surface area (Å²) in [5, 5.41) is 0. The Morgan fingerprint density at radius 2 is 1.07 bits per heavy atom. The van der Waals surface area contributed by atoms with Gasteiger partial charge in [-0.2, -0.15) is 0 Å². The van der Waals surface area contributed by atoms with Crippen molar-refractivity contribution in [3.05, 3.63) is 58.7 Å². The minimum atomic E-state index is -3.25. The van der Waals surface area contributed by atoms with Crippen molar-refractivity contribution >= 4 is 19.2 Å². The van der Waals surface area contributed by atoms with Crippen LogP contribution in [0.15, 0.2) is 36.4 Å². The van der Waals surface area contributed by atoms with Crippen LogP contribution < -0.4 is 6.15 Å². The van der Waals surface area contributed by atoms with Gasteiger partial charge in [-0.25, -0.2) is 0 Å². The number of aryl methyl sites for hydroxylation is 2. The van der Waals surface area contributed by atoms with Gasteiger partial charge in [0.15, 0.2) is 0 Å². The molecule has 0 aliphatic rings. The second-order valence-electron chi connectivity index (χ2n) is 8.31. The van der Waals surface area contributed by atoms with Gasteiger partial charge in [-0.15, -0.1) is 0 Å². The Labute approximate surface area is 184 Å². The number of hydrogen-bond donors (Lipinski definition) is 0. The Morgan fingerprint density at radius 1 is 0.655 bits per heavy atom. The van der Waals surface area contributed by atoms with Gasteiger partial charge in [0.2, 0.25) is 0 Å². The third kappa shape index (κ3) is 6.94. The molecular weight excluding hydrogens is 463 g/mol. The summed E-state index contributed by atoms with van der Waals surface area (Å²) in [5.74, 6) is 2.11. The molecule has 0 saturated carbocycles. The molecule has 0 fully saturated rings. The summed E-state index contributed by atoms with van der Waals surface area (Å²) >= 11 is -3.25. The summed E-state index contributed by atoms with van der Waals surface area (Å²) in [6.45, 7) is 8.96. The van der Waals surface area contributed by atoms with Crippen molar-refractivity contribution in [3.8, 4) is 11.5 Å². The molecule has 0 atom stereocenters. The van der Waals surface area contributed by atoms with Crippen LogP contribution >= 0.6 is 0 Å². The molecule has 0 heterocycles. The third-order valence-corrected chi connectivity index (χ3v) is 9.56. The van der Waals surface area contributed by atoms with Crippen LogP contribution in [0.4, 0.5) is 0 Å². The standard InChI is InChI=1S/2C12H18O.2CH3.Sn/c2*1-3-5-8-11-10(4-2)7-6-9-12(11)13;;;/h2*6-7,9,13H,3-5,8H2,1-2H3;2*1H3;/q;;;;+2/p-2. The third-order valence-electron chi connectivity index (χ3n) is 5.49. The first kappa shape index (κ1) is 24.1. The maximum absolute atomic E-state index is 6.70. The number of hydrogen-bond acceptors (Lipinski definition) is 2. The van der Waals surface area contributed by atoms with E-state index in [1.807, 2.05) is 0 Å². The fourth-order valence-corrected chi connectivity index (χ4v) is 8.13. The summed E-state index contributed by atoms with van der Waals surface area (Å²) in [6.07, 6.45) is 9.07. The maximum atomic E-state index is 6.70. The van der Waals surface area contributed by atoms with E-state index in [9.17, 15) is 0 Å². The van der Waals surface area contributed by atoms with Gasteiger partial charge in [0.1, 0.15) is 0 Å². The van der Waals surface area contributed by atoms with E-state index >= 15 is 0 Å². The van der Waals surface area contributed by atoms with E-state index in [-0.39, 0.29) is 0 Å². The Bertz CT molecular complexity index is 704. The van der Waals surface area contributed by atoms with E-state index in [0.717, 1.165) is 37.2 Å². The molecule has 0 amide bonds. The number of benzene rings is 2. The summed E-state index contributed by atoms with van der Waals surface area (Å²) in [7, 11) is 0. The molecule has 0 aromatic heterocycles. The molecule has 3 heteroatoms. The predicted octanol–water partition coefficient (Wildman–Crippen LogP) is 7.66. The fraction of sp³-hybridized carbons (Fsp3) is 0.538. The van der Waals surface area contributed by atoms with Crippen LogP contribution in [0.2, 0.25) is 9.88 Å². The average Bonchev–Trinajstić information content (AvgIpc) is 2.70. The molecule has 160 valence electrons. The monoisotopic (exact) mass is 504 g/mol. The Morgan fingerprint density at radius 3 is 1.41 bits per heavy atom. The van der Waals surface area contributed by atoms with Crippen LogP contribution in [0.1, 0.15) is 75.6 Å². The quantitative estimate of drug-likeness (QED) is 0.277. The van der Waals surface area contributed by atoms with E-state index in [4.69, 9.17) is 6.15 Å². The number of rotatable bonds is 12. The first-order chi connectivity index (χ1) is 14.0. The molecule has 29 heavy (non-hydrogen) atoms. The Hall–Kier alpha value is -1.16. The van der Waals surface area contributed by atoms with Gasteiger partial charge in [0.25, 0.3) is 0 Å². The van der Waals surface area contributed by atoms with Crippen molar-refractivity contribution < 1.29 is 6.15 Å². The first-order valence-electron chi connectivity index (χ1n) is 11.5. The van der Waals surface area contributed by atoms with Crippen molar-refractivity contribution in [1.29, 1.82) is 0 Å². The molecule has 2 aromatic carbocycles. The zero-order valence-electron chi connectivity index (χ0n) is 19.4. The molecule has 0 saturated heterocycles. The molecular formula is C26H40O2Sn. The van der Waals surface area contributed by atoms with Gasteiger partial charge < -0.3 is 0 Å². The Balaban J connectivity index is 2.29. The van der Waals surface area contributed by atoms with Crippen LogP contribution in [0.5, 0.6) is 11.5 Å². The van der Waals surface area contributed by atoms with E-state index in [1.165, 1.54) is 47.9 Å². The van der Waals surface area contributed by atoms with Crippen LogP contribution in [0, 0.1) is 0 Å². The molecule has 0 N–H and O–H groups in total. The molecule has 0 unspecified atom stereocenters. The Kier molecular flexibility index (Phi) is 9.88. The van der Waals surface area contributed by atoms with Gasteiger partial charge in [0.05, 0.1) is 0 Å². The second-order valence-corrected chi connectivity index (χ2v) is 17.5. The molecule has 0 aliphatic heterocycles. The molecule has 2 nitrogen and oxygen atoms in total. The SMILES string of the molecule is CCCCc1c(CC)cccc1[O][Sn]([CH3])([CH3])[O]c1cccc(CC)c1CCCC. The molecule has 2 rings (SSSR count). The van der Waals surface area contributed by atoms with Gasteiger partial charge in [-0.3, -0.25) is 0 Å². The van der Waals surface area contributed by atoms with Gasteiger partial charge in [-0.05, 0) is 0 Å². The van der Waals surface area contributed by atoms with Gasteiger partial charge in [-0.1, -0.05) is 0 Å². The van der Waals surface area contributed by atoms with E-state index < -0.39 is 19.2 Å². The van der Waals surface area contributed by atoms with Crippen molar-refractivity contribution in [2.75, 3.05) is 0 Å². The number of unbranched alkanes of at least 4 members (excludes halogenated alkanes) is 2. The van der Waals surface area contributed by atoms with E-state index in [2.05, 4.69) is 74.0 Å². The molecule has 0 bridgehead atoms. The predicted molar refractivity (Wildman–Crippen MR) is 128 cm³/mol. The summed E-state index contributed by atoms with van der Waals surface area (Å²) in [6, 6.07) is 13.1. The molecule has 0 aliphatic carbocycles. The first-order valence-corrected chi connectivity index (χ1v) is 19.6. The average molecular weight is 503 g/mol. The summed E-state index contributed by atoms with van der Waals surface area (Å²) in [5.41, 5.74) is 5.60. The minimum absolute atomic E-state index is 1.05. The fourth-order valence-electron chi connectivity index (χ4n) is 3.90. The van der Waals surface area contributed by atoms with Crippen molar-refractivity contribution in [1.82, 2.24) is 0 Å². The zero-order valence-corrected chi connectivity index (χ0v) is 22.3.